The van der Waals surface area contributed by atoms with E-state index in [0.717, 1.165) is 18.8 Å². The van der Waals surface area contributed by atoms with E-state index in [1.807, 2.05) is 12.4 Å². The Morgan fingerprint density at radius 2 is 2.00 bits per heavy atom. The van der Waals surface area contributed by atoms with Gasteiger partial charge < -0.3 is 10.3 Å². The highest BCUT2D eigenvalue weighted by Gasteiger charge is 2.34. The number of hydrogen-bond acceptors (Lipinski definition) is 3. The molecule has 108 valence electrons. The average molecular weight is 264 g/mol. The summed E-state index contributed by atoms with van der Waals surface area (Å²) >= 11 is 0. The Hall–Kier alpha value is -0.870. The van der Waals surface area contributed by atoms with Gasteiger partial charge in [-0.3, -0.25) is 4.90 Å². The van der Waals surface area contributed by atoms with Gasteiger partial charge in [-0.05, 0) is 46.7 Å². The second kappa shape index (κ2) is 6.06. The van der Waals surface area contributed by atoms with Crippen LogP contribution in [0.5, 0.6) is 0 Å². The van der Waals surface area contributed by atoms with E-state index in [2.05, 4.69) is 35.2 Å². The van der Waals surface area contributed by atoms with Gasteiger partial charge in [-0.1, -0.05) is 6.42 Å². The summed E-state index contributed by atoms with van der Waals surface area (Å²) in [4.78, 5) is 7.01. The van der Waals surface area contributed by atoms with E-state index in [9.17, 15) is 0 Å². The van der Waals surface area contributed by atoms with Crippen molar-refractivity contribution in [1.29, 1.82) is 0 Å². The third-order valence-corrected chi connectivity index (χ3v) is 4.62. The molecule has 1 unspecified atom stereocenters. The van der Waals surface area contributed by atoms with Gasteiger partial charge in [0.05, 0.1) is 0 Å². The summed E-state index contributed by atoms with van der Waals surface area (Å²) in [6.07, 6.45) is 8.74. The fourth-order valence-corrected chi connectivity index (χ4v) is 2.97. The molecule has 0 saturated carbocycles. The van der Waals surface area contributed by atoms with Crippen molar-refractivity contribution in [1.82, 2.24) is 14.5 Å². The Morgan fingerprint density at radius 1 is 1.32 bits per heavy atom. The first-order valence-electron chi connectivity index (χ1n) is 7.56. The lowest BCUT2D eigenvalue weighted by Crippen LogP contribution is -2.58. The third-order valence-electron chi connectivity index (χ3n) is 4.62. The third kappa shape index (κ3) is 3.18. The van der Waals surface area contributed by atoms with E-state index in [1.54, 1.807) is 0 Å². The van der Waals surface area contributed by atoms with E-state index < -0.39 is 0 Å². The molecule has 1 aliphatic rings. The average Bonchev–Trinajstić information content (AvgIpc) is 2.87. The Labute approximate surface area is 117 Å². The zero-order valence-electron chi connectivity index (χ0n) is 12.6. The second-order valence-electron chi connectivity index (χ2n) is 6.14. The Bertz CT molecular complexity index is 391. The molecule has 4 heteroatoms. The number of imidazole rings is 1. The van der Waals surface area contributed by atoms with Crippen LogP contribution in [0.3, 0.4) is 0 Å². The number of piperidine rings is 1. The Morgan fingerprint density at radius 3 is 2.63 bits per heavy atom. The number of aryl methyl sites for hydroxylation is 1. The highest BCUT2D eigenvalue weighted by atomic mass is 15.2. The molecule has 0 bridgehead atoms. The molecular formula is C15H28N4. The van der Waals surface area contributed by atoms with Crippen molar-refractivity contribution in [3.63, 3.8) is 0 Å². The van der Waals surface area contributed by atoms with Gasteiger partial charge in [-0.25, -0.2) is 4.98 Å². The molecule has 19 heavy (non-hydrogen) atoms. The van der Waals surface area contributed by atoms with Crippen LogP contribution in [0.2, 0.25) is 0 Å². The van der Waals surface area contributed by atoms with Gasteiger partial charge in [-0.2, -0.15) is 0 Å². The summed E-state index contributed by atoms with van der Waals surface area (Å²) < 4.78 is 2.19. The SMILES string of the molecule is CCn1ccnc1CC(N)C(C)(C)N1CCCCC1. The molecule has 1 aromatic heterocycles. The number of hydrogen-bond donors (Lipinski definition) is 1. The van der Waals surface area contributed by atoms with Gasteiger partial charge in [0.2, 0.25) is 0 Å². The lowest BCUT2D eigenvalue weighted by atomic mass is 9.88. The van der Waals surface area contributed by atoms with Crippen LogP contribution in [-0.2, 0) is 13.0 Å². The minimum atomic E-state index is 0.0466. The summed E-state index contributed by atoms with van der Waals surface area (Å²) in [5.41, 5.74) is 6.55. The van der Waals surface area contributed by atoms with Gasteiger partial charge in [0.1, 0.15) is 5.82 Å². The summed E-state index contributed by atoms with van der Waals surface area (Å²) in [6, 6.07) is 0.123. The fourth-order valence-electron chi connectivity index (χ4n) is 2.97. The number of aromatic nitrogens is 2. The molecule has 0 spiro atoms. The zero-order chi connectivity index (χ0) is 13.9. The van der Waals surface area contributed by atoms with Crippen LogP contribution < -0.4 is 5.73 Å². The normalized spacial score (nSPS) is 19.6. The quantitative estimate of drug-likeness (QED) is 0.885. The van der Waals surface area contributed by atoms with Gasteiger partial charge in [0.15, 0.2) is 0 Å². The molecule has 0 amide bonds. The topological polar surface area (TPSA) is 47.1 Å². The van der Waals surface area contributed by atoms with Crippen molar-refractivity contribution in [2.45, 2.75) is 64.6 Å². The summed E-state index contributed by atoms with van der Waals surface area (Å²) in [5.74, 6) is 1.11. The van der Waals surface area contributed by atoms with Crippen molar-refractivity contribution in [2.24, 2.45) is 5.73 Å². The molecule has 0 aliphatic carbocycles. The molecule has 4 nitrogen and oxygen atoms in total. The van der Waals surface area contributed by atoms with Crippen LogP contribution in [0.1, 0.15) is 45.9 Å². The predicted octanol–water partition coefficient (Wildman–Crippen LogP) is 2.04. The van der Waals surface area contributed by atoms with Crippen LogP contribution in [0.4, 0.5) is 0 Å². The summed E-state index contributed by atoms with van der Waals surface area (Å²) in [5, 5.41) is 0. The van der Waals surface area contributed by atoms with Gasteiger partial charge >= 0.3 is 0 Å². The monoisotopic (exact) mass is 264 g/mol. The molecule has 1 fully saturated rings. The number of nitrogens with zero attached hydrogens (tertiary/aromatic N) is 3. The first-order valence-corrected chi connectivity index (χ1v) is 7.56. The van der Waals surface area contributed by atoms with Crippen LogP contribution in [0, 0.1) is 0 Å². The standard InChI is InChI=1S/C15H28N4/c1-4-18-11-8-17-14(18)12-13(16)15(2,3)19-9-6-5-7-10-19/h8,11,13H,4-7,9-10,12,16H2,1-3H3. The summed E-state index contributed by atoms with van der Waals surface area (Å²) in [6.45, 7) is 10.0. The van der Waals surface area contributed by atoms with E-state index in [-0.39, 0.29) is 11.6 Å². The largest absolute Gasteiger partial charge is 0.335 e. The zero-order valence-corrected chi connectivity index (χ0v) is 12.6. The first-order chi connectivity index (χ1) is 9.05. The highest BCUT2D eigenvalue weighted by molar-refractivity contribution is 5.01. The number of nitrogens with two attached hydrogens (primary N) is 1. The molecule has 2 heterocycles. The lowest BCUT2D eigenvalue weighted by molar-refractivity contribution is 0.0723. The molecule has 1 saturated heterocycles. The Balaban J connectivity index is 2.03. The molecule has 2 rings (SSSR count). The predicted molar refractivity (Wildman–Crippen MR) is 79.1 cm³/mol. The van der Waals surface area contributed by atoms with Crippen LogP contribution in [0.15, 0.2) is 12.4 Å². The molecular weight excluding hydrogens is 236 g/mol. The van der Waals surface area contributed by atoms with Gasteiger partial charge in [-0.15, -0.1) is 0 Å². The molecule has 1 aliphatic heterocycles. The lowest BCUT2D eigenvalue weighted by Gasteiger charge is -2.44. The van der Waals surface area contributed by atoms with Crippen molar-refractivity contribution < 1.29 is 0 Å². The molecule has 0 radical (unpaired) electrons. The maximum absolute atomic E-state index is 6.50. The van der Waals surface area contributed by atoms with Gasteiger partial charge in [0, 0.05) is 36.9 Å². The fraction of sp³-hybridized carbons (Fsp3) is 0.800. The van der Waals surface area contributed by atoms with Crippen LogP contribution >= 0.6 is 0 Å². The van der Waals surface area contributed by atoms with Gasteiger partial charge in [0.25, 0.3) is 0 Å². The minimum Gasteiger partial charge on any atom is -0.335 e. The van der Waals surface area contributed by atoms with Crippen molar-refractivity contribution in [3.05, 3.63) is 18.2 Å². The van der Waals surface area contributed by atoms with Crippen LogP contribution in [-0.4, -0.2) is 39.1 Å². The smallest absolute Gasteiger partial charge is 0.110 e. The molecule has 1 aromatic rings. The van der Waals surface area contributed by atoms with E-state index in [0.29, 0.717) is 0 Å². The number of rotatable bonds is 5. The molecule has 0 aromatic carbocycles. The highest BCUT2D eigenvalue weighted by Crippen LogP contribution is 2.24. The van der Waals surface area contributed by atoms with Crippen molar-refractivity contribution >= 4 is 0 Å². The molecule has 1 atom stereocenters. The van der Waals surface area contributed by atoms with Crippen LogP contribution in [0.25, 0.3) is 0 Å². The Kier molecular flexibility index (Phi) is 4.63. The van der Waals surface area contributed by atoms with Crippen molar-refractivity contribution in [3.8, 4) is 0 Å². The first kappa shape index (κ1) is 14.5. The second-order valence-corrected chi connectivity index (χ2v) is 6.14. The number of likely N-dealkylation sites (tertiary alicyclic amines) is 1. The summed E-state index contributed by atoms with van der Waals surface area (Å²) in [7, 11) is 0. The minimum absolute atomic E-state index is 0.0466. The molecule has 2 N–H and O–H groups in total. The van der Waals surface area contributed by atoms with E-state index in [1.165, 1.54) is 32.4 Å². The van der Waals surface area contributed by atoms with Crippen molar-refractivity contribution in [2.75, 3.05) is 13.1 Å². The maximum atomic E-state index is 6.50. The van der Waals surface area contributed by atoms with E-state index >= 15 is 0 Å². The maximum Gasteiger partial charge on any atom is 0.110 e. The van der Waals surface area contributed by atoms with E-state index in [4.69, 9.17) is 5.73 Å².